The zero-order valence-electron chi connectivity index (χ0n) is 7.43. The molecule has 2 heterocycles. The van der Waals surface area contributed by atoms with E-state index in [-0.39, 0.29) is 6.61 Å². The molecule has 14 heavy (non-hydrogen) atoms. The number of aliphatic carboxylic acids is 1. The summed E-state index contributed by atoms with van der Waals surface area (Å²) in [5, 5.41) is 10.5. The lowest BCUT2D eigenvalue weighted by Crippen LogP contribution is -2.49. The second kappa shape index (κ2) is 3.68. The first-order valence-electron chi connectivity index (χ1n) is 4.20. The van der Waals surface area contributed by atoms with E-state index in [9.17, 15) is 4.79 Å². The lowest BCUT2D eigenvalue weighted by atomic mass is 10.00. The molecule has 0 aromatic carbocycles. The number of rotatable bonds is 4. The summed E-state index contributed by atoms with van der Waals surface area (Å²) in [6, 6.07) is 3.86. The Labute approximate surface area is 85.1 Å². The summed E-state index contributed by atoms with van der Waals surface area (Å²) in [5.74, 6) is -0.951. The molecule has 1 saturated heterocycles. The highest BCUT2D eigenvalue weighted by Gasteiger charge is 2.43. The minimum Gasteiger partial charge on any atom is -0.480 e. The van der Waals surface area contributed by atoms with E-state index in [4.69, 9.17) is 14.6 Å². The molecular formula is C9H10O4S. The smallest absolute Gasteiger partial charge is 0.329 e. The Morgan fingerprint density at radius 2 is 2.50 bits per heavy atom. The average Bonchev–Trinajstić information content (AvgIpc) is 2.55. The maximum atomic E-state index is 10.4. The molecule has 2 rings (SSSR count). The van der Waals surface area contributed by atoms with E-state index < -0.39 is 11.6 Å². The van der Waals surface area contributed by atoms with Gasteiger partial charge in [-0.05, 0) is 11.4 Å². The Bertz CT molecular complexity index is 316. The van der Waals surface area contributed by atoms with Gasteiger partial charge in [0.15, 0.2) is 0 Å². The molecule has 1 aliphatic rings. The fraction of sp³-hybridized carbons (Fsp3) is 0.444. The fourth-order valence-corrected chi connectivity index (χ4v) is 2.17. The third-order valence-electron chi connectivity index (χ3n) is 2.11. The van der Waals surface area contributed by atoms with Gasteiger partial charge in [0.05, 0.1) is 13.2 Å². The van der Waals surface area contributed by atoms with Crippen molar-refractivity contribution < 1.29 is 19.4 Å². The van der Waals surface area contributed by atoms with E-state index in [1.165, 1.54) is 0 Å². The Morgan fingerprint density at radius 1 is 1.71 bits per heavy atom. The summed E-state index contributed by atoms with van der Waals surface area (Å²) in [6.45, 7) is 0.614. The van der Waals surface area contributed by atoms with Crippen LogP contribution in [0, 0.1) is 0 Å². The largest absolute Gasteiger partial charge is 0.480 e. The minimum atomic E-state index is -0.951. The zero-order valence-corrected chi connectivity index (χ0v) is 8.25. The SMILES string of the molecule is O=C(O)COC1(c2cccs2)COC1. The number of thiophene rings is 1. The van der Waals surface area contributed by atoms with Crippen molar-refractivity contribution in [2.24, 2.45) is 0 Å². The van der Waals surface area contributed by atoms with Crippen LogP contribution in [0.15, 0.2) is 17.5 Å². The lowest BCUT2D eigenvalue weighted by Gasteiger charge is -2.39. The quantitative estimate of drug-likeness (QED) is 0.814. The predicted molar refractivity (Wildman–Crippen MR) is 50.4 cm³/mol. The van der Waals surface area contributed by atoms with E-state index in [1.54, 1.807) is 11.3 Å². The number of hydrogen-bond acceptors (Lipinski definition) is 4. The van der Waals surface area contributed by atoms with E-state index in [0.717, 1.165) is 4.88 Å². The van der Waals surface area contributed by atoms with Crippen molar-refractivity contribution >= 4 is 17.3 Å². The molecule has 1 aromatic rings. The molecule has 0 bridgehead atoms. The molecule has 0 aliphatic carbocycles. The molecule has 0 saturated carbocycles. The molecule has 0 radical (unpaired) electrons. The molecule has 1 aromatic heterocycles. The fourth-order valence-electron chi connectivity index (χ4n) is 1.32. The third kappa shape index (κ3) is 1.66. The van der Waals surface area contributed by atoms with Gasteiger partial charge >= 0.3 is 5.97 Å². The van der Waals surface area contributed by atoms with Crippen molar-refractivity contribution in [1.82, 2.24) is 0 Å². The van der Waals surface area contributed by atoms with Crippen molar-refractivity contribution in [2.75, 3.05) is 19.8 Å². The van der Waals surface area contributed by atoms with Crippen LogP contribution < -0.4 is 0 Å². The standard InChI is InChI=1S/C9H10O4S/c10-8(11)4-13-9(5-12-6-9)7-2-1-3-14-7/h1-3H,4-6H2,(H,10,11). The van der Waals surface area contributed by atoms with Crippen molar-refractivity contribution in [3.05, 3.63) is 22.4 Å². The predicted octanol–water partition coefficient (Wildman–Crippen LogP) is 1.07. The summed E-state index contributed by atoms with van der Waals surface area (Å²) in [6.07, 6.45) is 0. The van der Waals surface area contributed by atoms with Gasteiger partial charge in [-0.25, -0.2) is 4.79 Å². The van der Waals surface area contributed by atoms with Crippen molar-refractivity contribution in [2.45, 2.75) is 5.60 Å². The van der Waals surface area contributed by atoms with Crippen molar-refractivity contribution in [3.8, 4) is 0 Å². The highest BCUT2D eigenvalue weighted by atomic mass is 32.1. The Hall–Kier alpha value is -0.910. The first kappa shape index (κ1) is 9.64. The summed E-state index contributed by atoms with van der Waals surface area (Å²) in [4.78, 5) is 11.4. The van der Waals surface area contributed by atoms with Crippen LogP contribution >= 0.6 is 11.3 Å². The van der Waals surface area contributed by atoms with Gasteiger partial charge in [0.2, 0.25) is 0 Å². The summed E-state index contributed by atoms with van der Waals surface area (Å²) < 4.78 is 10.4. The van der Waals surface area contributed by atoms with Crippen LogP contribution in [0.3, 0.4) is 0 Å². The van der Waals surface area contributed by atoms with E-state index in [1.807, 2.05) is 17.5 Å². The second-order valence-electron chi connectivity index (χ2n) is 3.15. The Morgan fingerprint density at radius 3 is 2.93 bits per heavy atom. The molecular weight excluding hydrogens is 204 g/mol. The van der Waals surface area contributed by atoms with E-state index in [0.29, 0.717) is 13.2 Å². The van der Waals surface area contributed by atoms with Gasteiger partial charge in [-0.1, -0.05) is 6.07 Å². The topological polar surface area (TPSA) is 55.8 Å². The van der Waals surface area contributed by atoms with Gasteiger partial charge in [-0.15, -0.1) is 11.3 Å². The molecule has 0 atom stereocenters. The van der Waals surface area contributed by atoms with E-state index in [2.05, 4.69) is 0 Å². The van der Waals surface area contributed by atoms with Crippen LogP contribution in [0.1, 0.15) is 4.88 Å². The number of ether oxygens (including phenoxy) is 2. The molecule has 76 valence electrons. The monoisotopic (exact) mass is 214 g/mol. The first-order chi connectivity index (χ1) is 6.73. The van der Waals surface area contributed by atoms with Crippen LogP contribution in [-0.2, 0) is 19.9 Å². The van der Waals surface area contributed by atoms with Gasteiger partial charge in [-0.3, -0.25) is 0 Å². The molecule has 0 unspecified atom stereocenters. The minimum absolute atomic E-state index is 0.277. The molecule has 5 heteroatoms. The molecule has 0 spiro atoms. The van der Waals surface area contributed by atoms with Gasteiger partial charge in [0.25, 0.3) is 0 Å². The Balaban J connectivity index is 2.07. The van der Waals surface area contributed by atoms with Crippen LogP contribution in [0.4, 0.5) is 0 Å². The summed E-state index contributed by atoms with van der Waals surface area (Å²) in [7, 11) is 0. The second-order valence-corrected chi connectivity index (χ2v) is 4.09. The van der Waals surface area contributed by atoms with Gasteiger partial charge < -0.3 is 14.6 Å². The molecule has 1 fully saturated rings. The van der Waals surface area contributed by atoms with E-state index >= 15 is 0 Å². The number of carboxylic acid groups (broad SMARTS) is 1. The average molecular weight is 214 g/mol. The van der Waals surface area contributed by atoms with Crippen LogP contribution in [0.2, 0.25) is 0 Å². The Kier molecular flexibility index (Phi) is 2.54. The number of hydrogen-bond donors (Lipinski definition) is 1. The van der Waals surface area contributed by atoms with Gasteiger partial charge in [-0.2, -0.15) is 0 Å². The van der Waals surface area contributed by atoms with Crippen LogP contribution in [0.25, 0.3) is 0 Å². The highest BCUT2D eigenvalue weighted by molar-refractivity contribution is 7.10. The molecule has 4 nitrogen and oxygen atoms in total. The third-order valence-corrected chi connectivity index (χ3v) is 3.17. The normalized spacial score (nSPS) is 18.9. The van der Waals surface area contributed by atoms with Crippen LogP contribution in [0.5, 0.6) is 0 Å². The van der Waals surface area contributed by atoms with Crippen LogP contribution in [-0.4, -0.2) is 30.9 Å². The first-order valence-corrected chi connectivity index (χ1v) is 5.08. The maximum Gasteiger partial charge on any atom is 0.329 e. The van der Waals surface area contributed by atoms with Gasteiger partial charge in [0, 0.05) is 4.88 Å². The summed E-state index contributed by atoms with van der Waals surface area (Å²) >= 11 is 1.56. The van der Waals surface area contributed by atoms with Crippen molar-refractivity contribution in [1.29, 1.82) is 0 Å². The number of carbonyl (C=O) groups is 1. The summed E-state index contributed by atoms with van der Waals surface area (Å²) in [5.41, 5.74) is -0.507. The van der Waals surface area contributed by atoms with Crippen molar-refractivity contribution in [3.63, 3.8) is 0 Å². The number of carboxylic acids is 1. The molecule has 0 amide bonds. The highest BCUT2D eigenvalue weighted by Crippen LogP contribution is 2.36. The molecule has 1 N–H and O–H groups in total. The lowest BCUT2D eigenvalue weighted by molar-refractivity contribution is -0.218. The zero-order chi connectivity index (χ0) is 10.0. The maximum absolute atomic E-state index is 10.4. The van der Waals surface area contributed by atoms with Gasteiger partial charge in [0.1, 0.15) is 12.2 Å². The molecule has 1 aliphatic heterocycles.